The third-order valence-corrected chi connectivity index (χ3v) is 6.12. The largest absolute Gasteiger partial charge is 0.495 e. The lowest BCUT2D eigenvalue weighted by molar-refractivity contribution is 0.413. The second-order valence-corrected chi connectivity index (χ2v) is 8.41. The first kappa shape index (κ1) is 17.4. The van der Waals surface area contributed by atoms with Gasteiger partial charge in [-0.1, -0.05) is 12.1 Å². The number of hydrogen-bond acceptors (Lipinski definition) is 5. The highest BCUT2D eigenvalue weighted by Gasteiger charge is 2.17. The Morgan fingerprint density at radius 2 is 1.92 bits per heavy atom. The number of sulfonamides is 1. The molecule has 25 heavy (non-hydrogen) atoms. The van der Waals surface area contributed by atoms with Crippen LogP contribution in [0.15, 0.2) is 52.9 Å². The number of rotatable bonds is 5. The predicted octanol–water partition coefficient (Wildman–Crippen LogP) is 4.24. The summed E-state index contributed by atoms with van der Waals surface area (Å²) in [7, 11) is -2.02. The molecule has 0 aliphatic rings. The van der Waals surface area contributed by atoms with Crippen molar-refractivity contribution in [3.05, 3.63) is 58.4 Å². The Kier molecular flexibility index (Phi) is 4.78. The van der Waals surface area contributed by atoms with Crippen molar-refractivity contribution < 1.29 is 13.2 Å². The van der Waals surface area contributed by atoms with E-state index in [0.717, 1.165) is 21.7 Å². The number of benzene rings is 1. The van der Waals surface area contributed by atoms with Crippen molar-refractivity contribution in [2.24, 2.45) is 0 Å². The third kappa shape index (κ3) is 3.83. The van der Waals surface area contributed by atoms with E-state index >= 15 is 0 Å². The smallest absolute Gasteiger partial charge is 0.262 e. The molecule has 7 heteroatoms. The zero-order chi connectivity index (χ0) is 18.0. The maximum Gasteiger partial charge on any atom is 0.262 e. The number of nitrogens with zero attached hydrogens (tertiary/aromatic N) is 1. The van der Waals surface area contributed by atoms with E-state index in [1.54, 1.807) is 30.8 Å². The first-order valence-corrected chi connectivity index (χ1v) is 9.94. The molecule has 1 N–H and O–H groups in total. The monoisotopic (exact) mass is 374 g/mol. The van der Waals surface area contributed by atoms with Gasteiger partial charge in [-0.2, -0.15) is 0 Å². The molecule has 0 atom stereocenters. The molecule has 0 aliphatic carbocycles. The SMILES string of the molecule is COc1ccc(-c2ccc(C)c(NS(=O)(=O)c3csc(C)c3)c2)nc1. The minimum atomic E-state index is -3.60. The Bertz CT molecular complexity index is 993. The van der Waals surface area contributed by atoms with E-state index in [4.69, 9.17) is 4.74 Å². The van der Waals surface area contributed by atoms with Gasteiger partial charge in [0.2, 0.25) is 0 Å². The summed E-state index contributed by atoms with van der Waals surface area (Å²) in [6, 6.07) is 10.9. The first-order chi connectivity index (χ1) is 11.9. The van der Waals surface area contributed by atoms with Crippen LogP contribution in [0.4, 0.5) is 5.69 Å². The normalized spacial score (nSPS) is 11.3. The Balaban J connectivity index is 1.94. The average molecular weight is 374 g/mol. The lowest BCUT2D eigenvalue weighted by Gasteiger charge is -2.11. The van der Waals surface area contributed by atoms with Crippen molar-refractivity contribution in [3.8, 4) is 17.0 Å². The average Bonchev–Trinajstić information content (AvgIpc) is 3.04. The molecular formula is C18H18N2O3S2. The van der Waals surface area contributed by atoms with E-state index in [9.17, 15) is 8.42 Å². The first-order valence-electron chi connectivity index (χ1n) is 7.58. The molecule has 0 unspecified atom stereocenters. The number of methoxy groups -OCH3 is 1. The summed E-state index contributed by atoms with van der Waals surface area (Å²) in [6.45, 7) is 3.74. The van der Waals surface area contributed by atoms with Crippen LogP contribution < -0.4 is 9.46 Å². The fraction of sp³-hybridized carbons (Fsp3) is 0.167. The number of aromatic nitrogens is 1. The molecule has 5 nitrogen and oxygen atoms in total. The van der Waals surface area contributed by atoms with Gasteiger partial charge in [0.15, 0.2) is 0 Å². The molecule has 3 rings (SSSR count). The Morgan fingerprint density at radius 1 is 1.12 bits per heavy atom. The number of aryl methyl sites for hydroxylation is 2. The summed E-state index contributed by atoms with van der Waals surface area (Å²) in [6.07, 6.45) is 1.63. The summed E-state index contributed by atoms with van der Waals surface area (Å²) in [5.41, 5.74) is 2.95. The standard InChI is InChI=1S/C18H18N2O3S2/c1-12-4-5-14(17-7-6-15(23-3)10-19-17)9-18(12)20-25(21,22)16-8-13(2)24-11-16/h4-11,20H,1-3H3. The Morgan fingerprint density at radius 3 is 2.52 bits per heavy atom. The van der Waals surface area contributed by atoms with Crippen LogP contribution in [-0.4, -0.2) is 20.5 Å². The Labute approximate surface area is 151 Å². The van der Waals surface area contributed by atoms with Crippen LogP contribution in [0, 0.1) is 13.8 Å². The molecule has 0 fully saturated rings. The van der Waals surface area contributed by atoms with Gasteiger partial charge in [0.1, 0.15) is 5.75 Å². The molecule has 0 saturated carbocycles. The lowest BCUT2D eigenvalue weighted by atomic mass is 10.1. The fourth-order valence-corrected chi connectivity index (χ4v) is 4.58. The van der Waals surface area contributed by atoms with Crippen LogP contribution in [0.25, 0.3) is 11.3 Å². The van der Waals surface area contributed by atoms with Crippen molar-refractivity contribution in [2.75, 3.05) is 11.8 Å². The third-order valence-electron chi connectivity index (χ3n) is 3.77. The maximum absolute atomic E-state index is 12.6. The maximum atomic E-state index is 12.6. The zero-order valence-corrected chi connectivity index (χ0v) is 15.7. The number of nitrogens with one attached hydrogen (secondary N) is 1. The van der Waals surface area contributed by atoms with Crippen LogP contribution in [0.3, 0.4) is 0 Å². The summed E-state index contributed by atoms with van der Waals surface area (Å²) in [5, 5.41) is 1.64. The highest BCUT2D eigenvalue weighted by molar-refractivity contribution is 7.92. The molecule has 130 valence electrons. The van der Waals surface area contributed by atoms with E-state index in [1.165, 1.54) is 11.3 Å². The van der Waals surface area contributed by atoms with Gasteiger partial charge in [-0.15, -0.1) is 11.3 Å². The number of pyridine rings is 1. The van der Waals surface area contributed by atoms with Gasteiger partial charge in [-0.25, -0.2) is 8.42 Å². The van der Waals surface area contributed by atoms with Crippen LogP contribution in [0.1, 0.15) is 10.4 Å². The molecule has 0 bridgehead atoms. The van der Waals surface area contributed by atoms with E-state index < -0.39 is 10.0 Å². The summed E-state index contributed by atoms with van der Waals surface area (Å²) >= 11 is 1.41. The van der Waals surface area contributed by atoms with Gasteiger partial charge in [0.25, 0.3) is 10.0 Å². The highest BCUT2D eigenvalue weighted by atomic mass is 32.2. The van der Waals surface area contributed by atoms with Gasteiger partial charge in [-0.3, -0.25) is 9.71 Å². The highest BCUT2D eigenvalue weighted by Crippen LogP contribution is 2.28. The van der Waals surface area contributed by atoms with Crippen molar-refractivity contribution in [1.82, 2.24) is 4.98 Å². The topological polar surface area (TPSA) is 68.3 Å². The number of anilines is 1. The number of hydrogen-bond donors (Lipinski definition) is 1. The van der Waals surface area contributed by atoms with E-state index in [2.05, 4.69) is 9.71 Å². The second kappa shape index (κ2) is 6.85. The van der Waals surface area contributed by atoms with E-state index in [1.807, 2.05) is 38.1 Å². The number of ether oxygens (including phenoxy) is 1. The molecule has 0 spiro atoms. The zero-order valence-electron chi connectivity index (χ0n) is 14.1. The molecule has 1 aromatic carbocycles. The molecule has 2 aromatic heterocycles. The summed E-state index contributed by atoms with van der Waals surface area (Å²) < 4.78 is 32.9. The van der Waals surface area contributed by atoms with Crippen LogP contribution in [-0.2, 0) is 10.0 Å². The van der Waals surface area contributed by atoms with Crippen molar-refractivity contribution in [3.63, 3.8) is 0 Å². The van der Waals surface area contributed by atoms with Gasteiger partial charge >= 0.3 is 0 Å². The van der Waals surface area contributed by atoms with Crippen LogP contribution >= 0.6 is 11.3 Å². The van der Waals surface area contributed by atoms with Crippen molar-refractivity contribution >= 4 is 27.0 Å². The van der Waals surface area contributed by atoms with Gasteiger partial charge < -0.3 is 4.74 Å². The minimum absolute atomic E-state index is 0.280. The molecular weight excluding hydrogens is 356 g/mol. The van der Waals surface area contributed by atoms with E-state index in [0.29, 0.717) is 11.4 Å². The van der Waals surface area contributed by atoms with Gasteiger partial charge in [0, 0.05) is 15.8 Å². The van der Waals surface area contributed by atoms with Crippen LogP contribution in [0.5, 0.6) is 5.75 Å². The quantitative estimate of drug-likeness (QED) is 0.725. The van der Waals surface area contributed by atoms with E-state index in [-0.39, 0.29) is 4.90 Å². The second-order valence-electron chi connectivity index (χ2n) is 5.61. The molecule has 0 aliphatic heterocycles. The minimum Gasteiger partial charge on any atom is -0.495 e. The van der Waals surface area contributed by atoms with Crippen molar-refractivity contribution in [1.29, 1.82) is 0 Å². The molecule has 0 radical (unpaired) electrons. The molecule has 0 amide bonds. The Hall–Kier alpha value is -2.38. The van der Waals surface area contributed by atoms with Gasteiger partial charge in [-0.05, 0) is 43.7 Å². The summed E-state index contributed by atoms with van der Waals surface area (Å²) in [5.74, 6) is 0.671. The molecule has 2 heterocycles. The molecule has 3 aromatic rings. The number of thiophene rings is 1. The van der Waals surface area contributed by atoms with Crippen LogP contribution in [0.2, 0.25) is 0 Å². The predicted molar refractivity (Wildman–Crippen MR) is 101 cm³/mol. The molecule has 0 saturated heterocycles. The lowest BCUT2D eigenvalue weighted by Crippen LogP contribution is -2.13. The summed E-state index contributed by atoms with van der Waals surface area (Å²) in [4.78, 5) is 5.58. The van der Waals surface area contributed by atoms with Crippen molar-refractivity contribution in [2.45, 2.75) is 18.7 Å². The fourth-order valence-electron chi connectivity index (χ4n) is 2.33. The van der Waals surface area contributed by atoms with Gasteiger partial charge in [0.05, 0.1) is 29.6 Å².